The Bertz CT molecular complexity index is 717. The van der Waals surface area contributed by atoms with Gasteiger partial charge in [0.2, 0.25) is 0 Å². The second-order valence-corrected chi connectivity index (χ2v) is 6.82. The highest BCUT2D eigenvalue weighted by atomic mass is 19.4. The summed E-state index contributed by atoms with van der Waals surface area (Å²) in [5, 5.41) is 3.10. The summed E-state index contributed by atoms with van der Waals surface area (Å²) in [6, 6.07) is 5.06. The fourth-order valence-electron chi connectivity index (χ4n) is 2.93. The van der Waals surface area contributed by atoms with Gasteiger partial charge in [-0.15, -0.1) is 0 Å². The molecule has 0 bridgehead atoms. The van der Waals surface area contributed by atoms with Crippen molar-refractivity contribution in [2.75, 3.05) is 26.3 Å². The minimum absolute atomic E-state index is 0.0587. The Morgan fingerprint density at radius 1 is 1.34 bits per heavy atom. The van der Waals surface area contributed by atoms with Gasteiger partial charge in [0.05, 0.1) is 13.2 Å². The summed E-state index contributed by atoms with van der Waals surface area (Å²) in [6.45, 7) is 3.70. The van der Waals surface area contributed by atoms with E-state index in [1.54, 1.807) is 36.9 Å². The number of nitrogens with zero attached hydrogens (tertiary/aromatic N) is 2. The Kier molecular flexibility index (Phi) is 7.98. The number of amides is 1. The number of benzene rings is 1. The number of aliphatic imine (C=N–C) groups is 1. The zero-order valence-electron chi connectivity index (χ0n) is 16.6. The SMILES string of the molecule is CCOC(=O)N1CCC(NC(N)=NCc2ccc(C)cc2OCC(F)(F)F)CC1. The van der Waals surface area contributed by atoms with Crippen molar-refractivity contribution in [3.05, 3.63) is 29.3 Å². The number of hydrogen-bond acceptors (Lipinski definition) is 4. The highest BCUT2D eigenvalue weighted by Gasteiger charge is 2.29. The van der Waals surface area contributed by atoms with Crippen LogP contribution < -0.4 is 15.8 Å². The highest BCUT2D eigenvalue weighted by molar-refractivity contribution is 5.78. The Labute approximate surface area is 168 Å². The lowest BCUT2D eigenvalue weighted by Crippen LogP contribution is -2.48. The van der Waals surface area contributed by atoms with Gasteiger partial charge in [-0.05, 0) is 38.3 Å². The molecule has 2 rings (SSSR count). The maximum atomic E-state index is 12.5. The molecule has 0 spiro atoms. The van der Waals surface area contributed by atoms with Crippen LogP contribution in [0, 0.1) is 6.92 Å². The molecule has 0 aliphatic carbocycles. The second-order valence-electron chi connectivity index (χ2n) is 6.82. The summed E-state index contributed by atoms with van der Waals surface area (Å²) in [5.41, 5.74) is 7.23. The van der Waals surface area contributed by atoms with E-state index in [9.17, 15) is 18.0 Å². The van der Waals surface area contributed by atoms with E-state index in [4.69, 9.17) is 15.2 Å². The first-order chi connectivity index (χ1) is 13.7. The van der Waals surface area contributed by atoms with E-state index in [-0.39, 0.29) is 30.4 Å². The van der Waals surface area contributed by atoms with Gasteiger partial charge in [-0.1, -0.05) is 12.1 Å². The molecule has 162 valence electrons. The minimum Gasteiger partial charge on any atom is -0.484 e. The molecule has 1 aliphatic rings. The largest absolute Gasteiger partial charge is 0.484 e. The van der Waals surface area contributed by atoms with E-state index in [0.717, 1.165) is 5.56 Å². The number of carbonyl (C=O) groups is 1. The van der Waals surface area contributed by atoms with E-state index in [0.29, 0.717) is 38.1 Å². The number of nitrogens with two attached hydrogens (primary N) is 1. The fourth-order valence-corrected chi connectivity index (χ4v) is 2.93. The van der Waals surface area contributed by atoms with Crippen molar-refractivity contribution in [2.45, 2.75) is 45.5 Å². The third kappa shape index (κ3) is 7.71. The minimum atomic E-state index is -4.41. The number of aryl methyl sites for hydroxylation is 1. The van der Waals surface area contributed by atoms with Gasteiger partial charge in [-0.25, -0.2) is 9.79 Å². The van der Waals surface area contributed by atoms with Crippen LogP contribution in [0.25, 0.3) is 0 Å². The molecule has 1 aliphatic heterocycles. The first-order valence-corrected chi connectivity index (χ1v) is 9.45. The van der Waals surface area contributed by atoms with Gasteiger partial charge in [0, 0.05) is 24.7 Å². The van der Waals surface area contributed by atoms with Crippen LogP contribution in [0.3, 0.4) is 0 Å². The first kappa shape index (κ1) is 22.6. The number of halogens is 3. The van der Waals surface area contributed by atoms with Gasteiger partial charge in [0.25, 0.3) is 0 Å². The number of nitrogens with one attached hydrogen (secondary N) is 1. The lowest BCUT2D eigenvalue weighted by atomic mass is 10.1. The molecule has 1 aromatic rings. The smallest absolute Gasteiger partial charge is 0.422 e. The average molecular weight is 416 g/mol. The molecule has 0 unspecified atom stereocenters. The number of carbonyl (C=O) groups excluding carboxylic acids is 1. The standard InChI is InChI=1S/C19H27F3N4O3/c1-3-28-18(27)26-8-6-15(7-9-26)25-17(23)24-11-14-5-4-13(2)10-16(14)29-12-19(20,21)22/h4-5,10,15H,3,6-9,11-12H2,1-2H3,(H3,23,24,25). The van der Waals surface area contributed by atoms with Crippen molar-refractivity contribution in [1.29, 1.82) is 0 Å². The summed E-state index contributed by atoms with van der Waals surface area (Å²) in [4.78, 5) is 17.6. The van der Waals surface area contributed by atoms with Crippen LogP contribution in [0.5, 0.6) is 5.75 Å². The van der Waals surface area contributed by atoms with Crippen LogP contribution in [0.1, 0.15) is 30.9 Å². The van der Waals surface area contributed by atoms with Gasteiger partial charge < -0.3 is 25.4 Å². The molecular formula is C19H27F3N4O3. The molecule has 1 heterocycles. The number of guanidine groups is 1. The molecule has 0 aromatic heterocycles. The monoisotopic (exact) mass is 416 g/mol. The zero-order chi connectivity index (χ0) is 21.4. The highest BCUT2D eigenvalue weighted by Crippen LogP contribution is 2.24. The molecule has 1 amide bonds. The van der Waals surface area contributed by atoms with E-state index in [2.05, 4.69) is 10.3 Å². The van der Waals surface area contributed by atoms with Crippen LogP contribution in [-0.4, -0.2) is 55.5 Å². The number of ether oxygens (including phenoxy) is 2. The second kappa shape index (κ2) is 10.2. The Morgan fingerprint density at radius 2 is 2.03 bits per heavy atom. The molecule has 1 fully saturated rings. The maximum absolute atomic E-state index is 12.5. The number of hydrogen-bond donors (Lipinski definition) is 2. The number of rotatable bonds is 6. The van der Waals surface area contributed by atoms with Gasteiger partial charge >= 0.3 is 12.3 Å². The molecule has 3 N–H and O–H groups in total. The van der Waals surface area contributed by atoms with Crippen molar-refractivity contribution in [3.8, 4) is 5.75 Å². The van der Waals surface area contributed by atoms with Gasteiger partial charge in [0.15, 0.2) is 12.6 Å². The van der Waals surface area contributed by atoms with Crippen molar-refractivity contribution in [1.82, 2.24) is 10.2 Å². The van der Waals surface area contributed by atoms with E-state index in [1.165, 1.54) is 0 Å². The lowest BCUT2D eigenvalue weighted by Gasteiger charge is -2.31. The van der Waals surface area contributed by atoms with Crippen molar-refractivity contribution in [3.63, 3.8) is 0 Å². The summed E-state index contributed by atoms with van der Waals surface area (Å²) in [5.74, 6) is 0.337. The number of piperidine rings is 1. The summed E-state index contributed by atoms with van der Waals surface area (Å²) < 4.78 is 47.3. The fraction of sp³-hybridized carbons (Fsp3) is 0.579. The summed E-state index contributed by atoms with van der Waals surface area (Å²) in [6.07, 6.45) is -3.35. The number of alkyl halides is 3. The molecule has 7 nitrogen and oxygen atoms in total. The molecule has 29 heavy (non-hydrogen) atoms. The molecule has 0 atom stereocenters. The average Bonchev–Trinajstić information content (AvgIpc) is 2.65. The van der Waals surface area contributed by atoms with E-state index in [1.807, 2.05) is 0 Å². The van der Waals surface area contributed by atoms with Crippen LogP contribution in [-0.2, 0) is 11.3 Å². The van der Waals surface area contributed by atoms with Crippen LogP contribution >= 0.6 is 0 Å². The molecule has 10 heteroatoms. The summed E-state index contributed by atoms with van der Waals surface area (Å²) >= 11 is 0. The third-order valence-corrected chi connectivity index (χ3v) is 4.41. The predicted octanol–water partition coefficient (Wildman–Crippen LogP) is 2.96. The van der Waals surface area contributed by atoms with Crippen LogP contribution in [0.4, 0.5) is 18.0 Å². The Balaban J connectivity index is 1.89. The first-order valence-electron chi connectivity index (χ1n) is 9.45. The van der Waals surface area contributed by atoms with Crippen LogP contribution in [0.15, 0.2) is 23.2 Å². The quantitative estimate of drug-likeness (QED) is 0.550. The normalized spacial score (nSPS) is 15.9. The van der Waals surface area contributed by atoms with Gasteiger partial charge in [-0.2, -0.15) is 13.2 Å². The molecule has 0 saturated carbocycles. The number of likely N-dealkylation sites (tertiary alicyclic amines) is 1. The molecular weight excluding hydrogens is 389 g/mol. The van der Waals surface area contributed by atoms with Crippen molar-refractivity contribution < 1.29 is 27.4 Å². The lowest BCUT2D eigenvalue weighted by molar-refractivity contribution is -0.153. The predicted molar refractivity (Wildman–Crippen MR) is 103 cm³/mol. The Morgan fingerprint density at radius 3 is 2.66 bits per heavy atom. The van der Waals surface area contributed by atoms with Gasteiger partial charge in [0.1, 0.15) is 5.75 Å². The summed E-state index contributed by atoms with van der Waals surface area (Å²) in [7, 11) is 0. The topological polar surface area (TPSA) is 89.2 Å². The van der Waals surface area contributed by atoms with E-state index >= 15 is 0 Å². The maximum Gasteiger partial charge on any atom is 0.422 e. The molecule has 1 aromatic carbocycles. The van der Waals surface area contributed by atoms with Crippen molar-refractivity contribution >= 4 is 12.1 Å². The van der Waals surface area contributed by atoms with Crippen molar-refractivity contribution in [2.24, 2.45) is 10.7 Å². The molecule has 0 radical (unpaired) electrons. The van der Waals surface area contributed by atoms with E-state index < -0.39 is 12.8 Å². The zero-order valence-corrected chi connectivity index (χ0v) is 16.6. The van der Waals surface area contributed by atoms with Crippen LogP contribution in [0.2, 0.25) is 0 Å². The Hall–Kier alpha value is -2.65. The third-order valence-electron chi connectivity index (χ3n) is 4.41. The van der Waals surface area contributed by atoms with Gasteiger partial charge in [-0.3, -0.25) is 0 Å². The molecule has 1 saturated heterocycles.